The summed E-state index contributed by atoms with van der Waals surface area (Å²) in [6, 6.07) is 16.3. The number of hydrogen-bond acceptors (Lipinski definition) is 5. The van der Waals surface area contributed by atoms with Crippen molar-refractivity contribution in [2.75, 3.05) is 10.6 Å². The van der Waals surface area contributed by atoms with Crippen LogP contribution < -0.4 is 10.6 Å². The first-order valence-electron chi connectivity index (χ1n) is 6.70. The van der Waals surface area contributed by atoms with E-state index in [4.69, 9.17) is 0 Å². The number of benzene rings is 2. The Hall–Kier alpha value is -2.40. The molecule has 0 aliphatic rings. The second-order valence-corrected chi connectivity index (χ2v) is 5.66. The summed E-state index contributed by atoms with van der Waals surface area (Å²) >= 11 is 1.34. The maximum Gasteiger partial charge on any atom is 0.240 e. The molecule has 0 saturated carbocycles. The standard InChI is InChI=1S/C16H16N4S/c1-11-3-7-13(8-4-11)17-15-19-16(21-20-15)18-14-9-5-12(2)6-10-14/h3-10H,1-2H3,(H2,17,18,19,20). The quantitative estimate of drug-likeness (QED) is 0.736. The van der Waals surface area contributed by atoms with E-state index in [1.54, 1.807) is 0 Å². The molecule has 1 aromatic heterocycles. The van der Waals surface area contributed by atoms with E-state index in [2.05, 4.69) is 58.1 Å². The molecule has 0 aliphatic carbocycles. The Morgan fingerprint density at radius 1 is 0.762 bits per heavy atom. The summed E-state index contributed by atoms with van der Waals surface area (Å²) in [4.78, 5) is 4.43. The average Bonchev–Trinajstić information content (AvgIpc) is 2.91. The van der Waals surface area contributed by atoms with E-state index in [0.717, 1.165) is 16.5 Å². The van der Waals surface area contributed by atoms with Crippen LogP contribution in [0.25, 0.3) is 0 Å². The fourth-order valence-corrected chi connectivity index (χ4v) is 2.40. The molecule has 0 aliphatic heterocycles. The molecule has 2 aromatic carbocycles. The molecule has 21 heavy (non-hydrogen) atoms. The first kappa shape index (κ1) is 13.6. The highest BCUT2D eigenvalue weighted by atomic mass is 32.1. The number of aromatic nitrogens is 2. The van der Waals surface area contributed by atoms with Gasteiger partial charge in [-0.2, -0.15) is 9.36 Å². The maximum absolute atomic E-state index is 4.43. The molecule has 3 rings (SSSR count). The summed E-state index contributed by atoms with van der Waals surface area (Å²) in [5, 5.41) is 7.22. The van der Waals surface area contributed by atoms with Gasteiger partial charge in [0.25, 0.3) is 0 Å². The van der Waals surface area contributed by atoms with Gasteiger partial charge in [0.05, 0.1) is 0 Å². The van der Waals surface area contributed by atoms with Crippen molar-refractivity contribution in [2.24, 2.45) is 0 Å². The molecule has 0 unspecified atom stereocenters. The molecule has 4 nitrogen and oxygen atoms in total. The monoisotopic (exact) mass is 296 g/mol. The van der Waals surface area contributed by atoms with Crippen molar-refractivity contribution in [3.63, 3.8) is 0 Å². The molecule has 0 bridgehead atoms. The normalized spacial score (nSPS) is 10.4. The van der Waals surface area contributed by atoms with Crippen LogP contribution in [0.3, 0.4) is 0 Å². The first-order chi connectivity index (χ1) is 10.2. The lowest BCUT2D eigenvalue weighted by atomic mass is 10.2. The van der Waals surface area contributed by atoms with Crippen LogP contribution in [0.15, 0.2) is 48.5 Å². The predicted octanol–water partition coefficient (Wildman–Crippen LogP) is 4.64. The Balaban J connectivity index is 1.68. The van der Waals surface area contributed by atoms with Gasteiger partial charge in [0.15, 0.2) is 0 Å². The second-order valence-electron chi connectivity index (χ2n) is 4.91. The number of hydrogen-bond donors (Lipinski definition) is 2. The molecular weight excluding hydrogens is 280 g/mol. The van der Waals surface area contributed by atoms with Crippen molar-refractivity contribution in [3.8, 4) is 0 Å². The van der Waals surface area contributed by atoms with E-state index in [9.17, 15) is 0 Å². The maximum atomic E-state index is 4.43. The van der Waals surface area contributed by atoms with Crippen LogP contribution in [0, 0.1) is 13.8 Å². The average molecular weight is 296 g/mol. The van der Waals surface area contributed by atoms with Crippen molar-refractivity contribution < 1.29 is 0 Å². The van der Waals surface area contributed by atoms with E-state index in [1.165, 1.54) is 22.7 Å². The molecule has 3 aromatic rings. The zero-order valence-corrected chi connectivity index (χ0v) is 12.7. The van der Waals surface area contributed by atoms with E-state index < -0.39 is 0 Å². The van der Waals surface area contributed by atoms with Gasteiger partial charge in [0.1, 0.15) is 0 Å². The third kappa shape index (κ3) is 3.58. The van der Waals surface area contributed by atoms with Crippen LogP contribution in [0.1, 0.15) is 11.1 Å². The number of rotatable bonds is 4. The molecule has 0 fully saturated rings. The topological polar surface area (TPSA) is 49.8 Å². The number of aryl methyl sites for hydroxylation is 2. The summed E-state index contributed by atoms with van der Waals surface area (Å²) < 4.78 is 4.30. The van der Waals surface area contributed by atoms with Gasteiger partial charge in [-0.1, -0.05) is 35.4 Å². The van der Waals surface area contributed by atoms with Gasteiger partial charge in [-0.25, -0.2) is 0 Å². The lowest BCUT2D eigenvalue weighted by Crippen LogP contribution is -1.93. The minimum Gasteiger partial charge on any atom is -0.330 e. The summed E-state index contributed by atoms with van der Waals surface area (Å²) in [7, 11) is 0. The van der Waals surface area contributed by atoms with E-state index >= 15 is 0 Å². The van der Waals surface area contributed by atoms with E-state index in [-0.39, 0.29) is 0 Å². The predicted molar refractivity (Wildman–Crippen MR) is 88.8 cm³/mol. The van der Waals surface area contributed by atoms with Crippen LogP contribution in [-0.2, 0) is 0 Å². The number of nitrogens with one attached hydrogen (secondary N) is 2. The van der Waals surface area contributed by atoms with Gasteiger partial charge in [-0.05, 0) is 38.1 Å². The fourth-order valence-electron chi connectivity index (χ4n) is 1.85. The van der Waals surface area contributed by atoms with Gasteiger partial charge < -0.3 is 10.6 Å². The Morgan fingerprint density at radius 3 is 1.86 bits per heavy atom. The summed E-state index contributed by atoms with van der Waals surface area (Å²) in [6.07, 6.45) is 0. The van der Waals surface area contributed by atoms with Crippen LogP contribution in [0.4, 0.5) is 22.5 Å². The third-order valence-electron chi connectivity index (χ3n) is 3.04. The SMILES string of the molecule is Cc1ccc(Nc2nsc(Nc3ccc(C)cc3)n2)cc1. The summed E-state index contributed by atoms with van der Waals surface area (Å²) in [5.74, 6) is 0.610. The van der Waals surface area contributed by atoms with Gasteiger partial charge >= 0.3 is 0 Å². The molecule has 0 amide bonds. The fraction of sp³-hybridized carbons (Fsp3) is 0.125. The molecule has 0 atom stereocenters. The van der Waals surface area contributed by atoms with Gasteiger partial charge in [0.2, 0.25) is 11.1 Å². The van der Waals surface area contributed by atoms with Crippen molar-refractivity contribution >= 4 is 34.0 Å². The zero-order chi connectivity index (χ0) is 14.7. The van der Waals surface area contributed by atoms with Crippen molar-refractivity contribution in [2.45, 2.75) is 13.8 Å². The Morgan fingerprint density at radius 2 is 1.29 bits per heavy atom. The molecular formula is C16H16N4S. The smallest absolute Gasteiger partial charge is 0.240 e. The first-order valence-corrected chi connectivity index (χ1v) is 7.47. The molecule has 1 heterocycles. The molecule has 5 heteroatoms. The summed E-state index contributed by atoms with van der Waals surface area (Å²) in [5.41, 5.74) is 4.46. The van der Waals surface area contributed by atoms with Gasteiger partial charge in [-0.15, -0.1) is 0 Å². The van der Waals surface area contributed by atoms with Crippen LogP contribution >= 0.6 is 11.5 Å². The van der Waals surface area contributed by atoms with Gasteiger partial charge in [-0.3, -0.25) is 0 Å². The lowest BCUT2D eigenvalue weighted by molar-refractivity contribution is 1.29. The van der Waals surface area contributed by atoms with Crippen LogP contribution in [0.2, 0.25) is 0 Å². The van der Waals surface area contributed by atoms with E-state index in [1.807, 2.05) is 24.3 Å². The van der Waals surface area contributed by atoms with Gasteiger partial charge in [0, 0.05) is 22.9 Å². The molecule has 2 N–H and O–H groups in total. The molecule has 0 saturated heterocycles. The highest BCUT2D eigenvalue weighted by molar-refractivity contribution is 7.10. The third-order valence-corrected chi connectivity index (χ3v) is 3.67. The zero-order valence-electron chi connectivity index (χ0n) is 11.9. The minimum absolute atomic E-state index is 0.610. The molecule has 0 radical (unpaired) electrons. The largest absolute Gasteiger partial charge is 0.330 e. The van der Waals surface area contributed by atoms with Crippen molar-refractivity contribution in [3.05, 3.63) is 59.7 Å². The van der Waals surface area contributed by atoms with E-state index in [0.29, 0.717) is 5.95 Å². The molecule has 106 valence electrons. The second kappa shape index (κ2) is 5.93. The minimum atomic E-state index is 0.610. The van der Waals surface area contributed by atoms with Crippen LogP contribution in [-0.4, -0.2) is 9.36 Å². The number of nitrogens with zero attached hydrogens (tertiary/aromatic N) is 2. The highest BCUT2D eigenvalue weighted by Gasteiger charge is 2.04. The van der Waals surface area contributed by atoms with Crippen molar-refractivity contribution in [1.82, 2.24) is 9.36 Å². The Kier molecular flexibility index (Phi) is 3.83. The molecule has 0 spiro atoms. The lowest BCUT2D eigenvalue weighted by Gasteiger charge is -2.02. The highest BCUT2D eigenvalue weighted by Crippen LogP contribution is 2.22. The number of anilines is 4. The van der Waals surface area contributed by atoms with Crippen LogP contribution in [0.5, 0.6) is 0 Å². The Labute approximate surface area is 128 Å². The van der Waals surface area contributed by atoms with Crippen molar-refractivity contribution in [1.29, 1.82) is 0 Å². The summed E-state index contributed by atoms with van der Waals surface area (Å²) in [6.45, 7) is 4.13. The Bertz CT molecular complexity index is 655.